The van der Waals surface area contributed by atoms with E-state index in [9.17, 15) is 9.18 Å². The van der Waals surface area contributed by atoms with Gasteiger partial charge >= 0.3 is 0 Å². The van der Waals surface area contributed by atoms with E-state index in [-0.39, 0.29) is 5.78 Å². The van der Waals surface area contributed by atoms with Crippen LogP contribution in [0, 0.1) is 12.7 Å². The van der Waals surface area contributed by atoms with E-state index in [4.69, 9.17) is 0 Å². The summed E-state index contributed by atoms with van der Waals surface area (Å²) >= 11 is 0. The van der Waals surface area contributed by atoms with Gasteiger partial charge in [-0.2, -0.15) is 0 Å². The van der Waals surface area contributed by atoms with Crippen molar-refractivity contribution in [2.75, 3.05) is 0 Å². The number of carbonyl (C=O) groups is 1. The molecule has 2 heterocycles. The quantitative estimate of drug-likeness (QED) is 0.713. The number of fused-ring (bicyclic) bond motifs is 1. The van der Waals surface area contributed by atoms with Crippen LogP contribution in [0.25, 0.3) is 10.9 Å². The number of aryl methyl sites for hydroxylation is 1. The first-order chi connectivity index (χ1) is 9.16. The Bertz CT molecular complexity index is 777. The third-order valence-electron chi connectivity index (χ3n) is 3.17. The third-order valence-corrected chi connectivity index (χ3v) is 3.17. The Hall–Kier alpha value is -2.49. The van der Waals surface area contributed by atoms with Crippen molar-refractivity contribution in [3.05, 3.63) is 65.4 Å². The van der Waals surface area contributed by atoms with Crippen molar-refractivity contribution < 1.29 is 9.18 Å². The number of halogens is 1. The van der Waals surface area contributed by atoms with Gasteiger partial charge in [-0.15, -0.1) is 0 Å². The number of hydrogen-bond acceptors (Lipinski definition) is 2. The molecule has 0 amide bonds. The molecule has 0 bridgehead atoms. The lowest BCUT2D eigenvalue weighted by atomic mass is 9.99. The number of ketones is 1. The van der Waals surface area contributed by atoms with Crippen molar-refractivity contribution in [1.29, 1.82) is 0 Å². The van der Waals surface area contributed by atoms with Crippen LogP contribution in [0.2, 0.25) is 0 Å². The molecule has 0 unspecified atom stereocenters. The van der Waals surface area contributed by atoms with Gasteiger partial charge in [0.1, 0.15) is 5.82 Å². The van der Waals surface area contributed by atoms with Crippen LogP contribution in [0.1, 0.15) is 21.5 Å². The fourth-order valence-electron chi connectivity index (χ4n) is 2.13. The van der Waals surface area contributed by atoms with Crippen LogP contribution in [-0.2, 0) is 0 Å². The molecule has 19 heavy (non-hydrogen) atoms. The number of nitrogens with one attached hydrogen (secondary N) is 1. The minimum absolute atomic E-state index is 0.198. The normalized spacial score (nSPS) is 10.8. The first kappa shape index (κ1) is 11.6. The predicted molar refractivity (Wildman–Crippen MR) is 70.7 cm³/mol. The molecule has 4 heteroatoms. The van der Waals surface area contributed by atoms with E-state index >= 15 is 0 Å². The monoisotopic (exact) mass is 254 g/mol. The molecule has 0 radical (unpaired) electrons. The van der Waals surface area contributed by atoms with Gasteiger partial charge in [0, 0.05) is 40.6 Å². The molecule has 1 aromatic carbocycles. The Morgan fingerprint density at radius 2 is 2.11 bits per heavy atom. The summed E-state index contributed by atoms with van der Waals surface area (Å²) in [7, 11) is 0. The van der Waals surface area contributed by atoms with E-state index in [0.29, 0.717) is 11.1 Å². The SMILES string of the molecule is Cc1ccc(F)cc1C(=O)c1c[nH]c2ccncc12. The van der Waals surface area contributed by atoms with Gasteiger partial charge in [-0.25, -0.2) is 4.39 Å². The summed E-state index contributed by atoms with van der Waals surface area (Å²) in [5.74, 6) is -0.608. The lowest BCUT2D eigenvalue weighted by molar-refractivity contribution is 0.103. The van der Waals surface area contributed by atoms with Crippen LogP contribution in [0.4, 0.5) is 4.39 Å². The minimum Gasteiger partial charge on any atom is -0.360 e. The van der Waals surface area contributed by atoms with Gasteiger partial charge in [0.15, 0.2) is 5.78 Å². The number of aromatic amines is 1. The second-order valence-corrected chi connectivity index (χ2v) is 4.41. The Morgan fingerprint density at radius 1 is 1.26 bits per heavy atom. The topological polar surface area (TPSA) is 45.8 Å². The van der Waals surface area contributed by atoms with Gasteiger partial charge in [0.05, 0.1) is 0 Å². The van der Waals surface area contributed by atoms with Gasteiger partial charge < -0.3 is 4.98 Å². The summed E-state index contributed by atoms with van der Waals surface area (Å²) in [6.07, 6.45) is 4.92. The number of H-pyrrole nitrogens is 1. The summed E-state index contributed by atoms with van der Waals surface area (Å²) < 4.78 is 13.3. The van der Waals surface area contributed by atoms with Crippen molar-refractivity contribution in [3.63, 3.8) is 0 Å². The Morgan fingerprint density at radius 3 is 2.95 bits per heavy atom. The highest BCUT2D eigenvalue weighted by molar-refractivity contribution is 6.16. The van der Waals surface area contributed by atoms with Gasteiger partial charge in [0.2, 0.25) is 0 Å². The van der Waals surface area contributed by atoms with Crippen LogP contribution >= 0.6 is 0 Å². The number of rotatable bonds is 2. The van der Waals surface area contributed by atoms with Gasteiger partial charge in [0.25, 0.3) is 0 Å². The number of pyridine rings is 1. The van der Waals surface area contributed by atoms with Crippen LogP contribution in [0.15, 0.2) is 42.9 Å². The molecule has 0 aliphatic heterocycles. The Labute approximate surface area is 109 Å². The standard InChI is InChI=1S/C15H11FN2O/c1-9-2-3-10(16)6-11(9)15(19)13-8-18-14-4-5-17-7-12(13)14/h2-8,18H,1H3. The van der Waals surface area contributed by atoms with E-state index in [1.54, 1.807) is 37.6 Å². The molecule has 0 atom stereocenters. The number of carbonyl (C=O) groups excluding carboxylic acids is 1. The molecule has 3 nitrogen and oxygen atoms in total. The van der Waals surface area contributed by atoms with E-state index < -0.39 is 5.82 Å². The van der Waals surface area contributed by atoms with Crippen LogP contribution in [0.3, 0.4) is 0 Å². The zero-order valence-corrected chi connectivity index (χ0v) is 10.3. The smallest absolute Gasteiger partial charge is 0.195 e. The zero-order valence-electron chi connectivity index (χ0n) is 10.3. The average Bonchev–Trinajstić information content (AvgIpc) is 2.84. The Balaban J connectivity index is 2.16. The third kappa shape index (κ3) is 1.91. The highest BCUT2D eigenvalue weighted by Crippen LogP contribution is 2.22. The largest absolute Gasteiger partial charge is 0.360 e. The molecule has 1 N–H and O–H groups in total. The van der Waals surface area contributed by atoms with Gasteiger partial charge in [-0.3, -0.25) is 9.78 Å². The molecule has 0 saturated heterocycles. The maximum atomic E-state index is 13.3. The van der Waals surface area contributed by atoms with Crippen molar-refractivity contribution in [2.24, 2.45) is 0 Å². The maximum Gasteiger partial charge on any atom is 0.195 e. The molecule has 0 aliphatic carbocycles. The molecular weight excluding hydrogens is 243 g/mol. The fourth-order valence-corrected chi connectivity index (χ4v) is 2.13. The summed E-state index contributed by atoms with van der Waals surface area (Å²) in [4.78, 5) is 19.5. The summed E-state index contributed by atoms with van der Waals surface area (Å²) in [6, 6.07) is 6.02. The summed E-state index contributed by atoms with van der Waals surface area (Å²) in [5, 5.41) is 0.746. The molecule has 94 valence electrons. The molecule has 3 aromatic rings. The average molecular weight is 254 g/mol. The lowest BCUT2D eigenvalue weighted by Crippen LogP contribution is -2.03. The van der Waals surface area contributed by atoms with Crippen molar-refractivity contribution in [3.8, 4) is 0 Å². The summed E-state index contributed by atoms with van der Waals surface area (Å²) in [5.41, 5.74) is 2.48. The van der Waals surface area contributed by atoms with Crippen molar-refractivity contribution >= 4 is 16.7 Å². The van der Waals surface area contributed by atoms with E-state index in [1.807, 2.05) is 0 Å². The molecule has 0 saturated carbocycles. The first-order valence-corrected chi connectivity index (χ1v) is 5.89. The molecule has 0 spiro atoms. The number of nitrogens with zero attached hydrogens (tertiary/aromatic N) is 1. The van der Waals surface area contributed by atoms with Gasteiger partial charge in [-0.1, -0.05) is 6.07 Å². The highest BCUT2D eigenvalue weighted by Gasteiger charge is 2.16. The van der Waals surface area contributed by atoms with Crippen LogP contribution in [0.5, 0.6) is 0 Å². The number of hydrogen-bond donors (Lipinski definition) is 1. The fraction of sp³-hybridized carbons (Fsp3) is 0.0667. The highest BCUT2D eigenvalue weighted by atomic mass is 19.1. The maximum absolute atomic E-state index is 13.3. The van der Waals surface area contributed by atoms with E-state index in [0.717, 1.165) is 16.5 Å². The van der Waals surface area contributed by atoms with E-state index in [2.05, 4.69) is 9.97 Å². The van der Waals surface area contributed by atoms with Crippen LogP contribution < -0.4 is 0 Å². The molecule has 0 fully saturated rings. The number of benzene rings is 1. The minimum atomic E-state index is -0.410. The van der Waals surface area contributed by atoms with Crippen LogP contribution in [-0.4, -0.2) is 15.8 Å². The molecule has 0 aliphatic rings. The molecular formula is C15H11FN2O. The second kappa shape index (κ2) is 4.31. The van der Waals surface area contributed by atoms with Crippen molar-refractivity contribution in [2.45, 2.75) is 6.92 Å². The van der Waals surface area contributed by atoms with Crippen molar-refractivity contribution in [1.82, 2.24) is 9.97 Å². The first-order valence-electron chi connectivity index (χ1n) is 5.89. The van der Waals surface area contributed by atoms with Gasteiger partial charge in [-0.05, 0) is 30.7 Å². The van der Waals surface area contributed by atoms with E-state index in [1.165, 1.54) is 12.1 Å². The second-order valence-electron chi connectivity index (χ2n) is 4.41. The predicted octanol–water partition coefficient (Wildman–Crippen LogP) is 3.24. The molecule has 3 rings (SSSR count). The Kier molecular flexibility index (Phi) is 2.63. The molecule has 2 aromatic heterocycles. The lowest BCUT2D eigenvalue weighted by Gasteiger charge is -2.04. The number of aromatic nitrogens is 2. The zero-order chi connectivity index (χ0) is 13.4. The summed E-state index contributed by atoms with van der Waals surface area (Å²) in [6.45, 7) is 1.79.